The molecule has 3 aromatic rings. The summed E-state index contributed by atoms with van der Waals surface area (Å²) in [5.74, 6) is -0.341. The van der Waals surface area contributed by atoms with Crippen LogP contribution in [0.4, 0.5) is 4.39 Å². The number of pyridine rings is 1. The summed E-state index contributed by atoms with van der Waals surface area (Å²) in [5, 5.41) is 1.48. The Kier molecular flexibility index (Phi) is 3.86. The third-order valence-electron chi connectivity index (χ3n) is 3.51. The van der Waals surface area contributed by atoms with Crippen LogP contribution in [0.3, 0.4) is 0 Å². The van der Waals surface area contributed by atoms with Crippen molar-refractivity contribution in [1.82, 2.24) is 4.98 Å². The van der Waals surface area contributed by atoms with Crippen LogP contribution >= 0.6 is 11.6 Å². The van der Waals surface area contributed by atoms with Crippen molar-refractivity contribution in [2.75, 3.05) is 0 Å². The molecule has 2 nitrogen and oxygen atoms in total. The minimum absolute atomic E-state index is 0.209. The molecule has 2 N–H and O–H groups in total. The third kappa shape index (κ3) is 3.04. The molecule has 1 unspecified atom stereocenters. The maximum absolute atomic E-state index is 13.1. The molecule has 0 amide bonds. The normalized spacial score (nSPS) is 12.5. The molecular formula is C17H14ClFN2. The molecule has 3 rings (SSSR count). The Bertz CT molecular complexity index is 789. The maximum Gasteiger partial charge on any atom is 0.124 e. The average molecular weight is 301 g/mol. The number of hydrogen-bond donors (Lipinski definition) is 1. The molecule has 0 saturated carbocycles. The number of aromatic nitrogens is 1. The lowest BCUT2D eigenvalue weighted by Gasteiger charge is -2.14. The van der Waals surface area contributed by atoms with Crippen LogP contribution in [0.5, 0.6) is 0 Å². The van der Waals surface area contributed by atoms with Gasteiger partial charge >= 0.3 is 0 Å². The lowest BCUT2D eigenvalue weighted by atomic mass is 9.98. The fourth-order valence-corrected chi connectivity index (χ4v) is 2.60. The zero-order valence-corrected chi connectivity index (χ0v) is 12.0. The highest BCUT2D eigenvalue weighted by atomic mass is 35.5. The van der Waals surface area contributed by atoms with Gasteiger partial charge in [-0.15, -0.1) is 0 Å². The van der Waals surface area contributed by atoms with Gasteiger partial charge in [0.15, 0.2) is 0 Å². The SMILES string of the molecule is NC(Cc1ccc(F)cc1Cl)c1ccc2cccnc2c1. The number of benzene rings is 2. The van der Waals surface area contributed by atoms with Crippen molar-refractivity contribution in [3.05, 3.63) is 76.7 Å². The van der Waals surface area contributed by atoms with E-state index < -0.39 is 0 Å². The minimum Gasteiger partial charge on any atom is -0.324 e. The molecule has 0 fully saturated rings. The topological polar surface area (TPSA) is 38.9 Å². The van der Waals surface area contributed by atoms with E-state index in [1.807, 2.05) is 30.3 Å². The predicted molar refractivity (Wildman–Crippen MR) is 83.8 cm³/mol. The second-order valence-electron chi connectivity index (χ2n) is 5.00. The zero-order chi connectivity index (χ0) is 14.8. The number of fused-ring (bicyclic) bond motifs is 1. The number of nitrogens with zero attached hydrogens (tertiary/aromatic N) is 1. The van der Waals surface area contributed by atoms with E-state index in [2.05, 4.69) is 4.98 Å². The zero-order valence-electron chi connectivity index (χ0n) is 11.3. The summed E-state index contributed by atoms with van der Waals surface area (Å²) >= 11 is 6.05. The van der Waals surface area contributed by atoms with Gasteiger partial charge in [-0.1, -0.05) is 35.9 Å². The number of rotatable bonds is 3. The van der Waals surface area contributed by atoms with E-state index in [-0.39, 0.29) is 11.9 Å². The van der Waals surface area contributed by atoms with Crippen LogP contribution in [-0.2, 0) is 6.42 Å². The van der Waals surface area contributed by atoms with E-state index in [1.165, 1.54) is 12.1 Å². The van der Waals surface area contributed by atoms with Gasteiger partial charge in [0.1, 0.15) is 5.82 Å². The molecule has 0 aliphatic carbocycles. The molecule has 1 atom stereocenters. The average Bonchev–Trinajstić information content (AvgIpc) is 2.49. The van der Waals surface area contributed by atoms with Gasteiger partial charge in [-0.05, 0) is 41.8 Å². The number of halogens is 2. The fraction of sp³-hybridized carbons (Fsp3) is 0.118. The Morgan fingerprint density at radius 1 is 1.14 bits per heavy atom. The van der Waals surface area contributed by atoms with E-state index in [0.29, 0.717) is 11.4 Å². The Balaban J connectivity index is 1.87. The van der Waals surface area contributed by atoms with E-state index in [9.17, 15) is 4.39 Å². The predicted octanol–water partition coefficient (Wildman–Crippen LogP) is 4.27. The molecule has 4 heteroatoms. The summed E-state index contributed by atoms with van der Waals surface area (Å²) in [5.41, 5.74) is 8.98. The van der Waals surface area contributed by atoms with Crippen LogP contribution in [0, 0.1) is 5.82 Å². The highest BCUT2D eigenvalue weighted by Crippen LogP contribution is 2.24. The first kappa shape index (κ1) is 14.0. The molecular weight excluding hydrogens is 287 g/mol. The van der Waals surface area contributed by atoms with E-state index in [1.54, 1.807) is 12.3 Å². The van der Waals surface area contributed by atoms with Crippen LogP contribution in [0.25, 0.3) is 10.9 Å². The molecule has 0 aliphatic heterocycles. The lowest BCUT2D eigenvalue weighted by molar-refractivity contribution is 0.625. The molecule has 0 saturated heterocycles. The Morgan fingerprint density at radius 2 is 2.00 bits per heavy atom. The fourth-order valence-electron chi connectivity index (χ4n) is 2.36. The van der Waals surface area contributed by atoms with Crippen molar-refractivity contribution in [2.24, 2.45) is 5.73 Å². The number of nitrogens with two attached hydrogens (primary N) is 1. The van der Waals surface area contributed by atoms with Gasteiger partial charge < -0.3 is 5.73 Å². The summed E-state index contributed by atoms with van der Waals surface area (Å²) < 4.78 is 13.1. The highest BCUT2D eigenvalue weighted by molar-refractivity contribution is 6.31. The number of hydrogen-bond acceptors (Lipinski definition) is 2. The Hall–Kier alpha value is -1.97. The van der Waals surface area contributed by atoms with Crippen molar-refractivity contribution >= 4 is 22.5 Å². The van der Waals surface area contributed by atoms with Gasteiger partial charge in [0.2, 0.25) is 0 Å². The molecule has 2 aromatic carbocycles. The summed E-state index contributed by atoms with van der Waals surface area (Å²) in [6.07, 6.45) is 2.31. The molecule has 0 radical (unpaired) electrons. The van der Waals surface area contributed by atoms with Crippen molar-refractivity contribution in [3.8, 4) is 0 Å². The molecule has 1 heterocycles. The molecule has 0 spiro atoms. The van der Waals surface area contributed by atoms with Crippen LogP contribution in [0.1, 0.15) is 17.2 Å². The van der Waals surface area contributed by atoms with Crippen LogP contribution in [0.2, 0.25) is 5.02 Å². The smallest absolute Gasteiger partial charge is 0.124 e. The summed E-state index contributed by atoms with van der Waals surface area (Å²) in [4.78, 5) is 4.33. The second-order valence-corrected chi connectivity index (χ2v) is 5.41. The summed E-state index contributed by atoms with van der Waals surface area (Å²) in [7, 11) is 0. The quantitative estimate of drug-likeness (QED) is 0.784. The van der Waals surface area contributed by atoms with Crippen LogP contribution < -0.4 is 5.73 Å². The first-order chi connectivity index (χ1) is 10.1. The van der Waals surface area contributed by atoms with Crippen LogP contribution in [0.15, 0.2) is 54.7 Å². The monoisotopic (exact) mass is 300 g/mol. The van der Waals surface area contributed by atoms with Gasteiger partial charge in [-0.3, -0.25) is 4.98 Å². The minimum atomic E-state index is -0.341. The Morgan fingerprint density at radius 3 is 2.81 bits per heavy atom. The van der Waals surface area contributed by atoms with Gasteiger partial charge in [0.05, 0.1) is 5.52 Å². The van der Waals surface area contributed by atoms with Crippen molar-refractivity contribution < 1.29 is 4.39 Å². The first-order valence-electron chi connectivity index (χ1n) is 6.67. The van der Waals surface area contributed by atoms with Crippen molar-refractivity contribution in [3.63, 3.8) is 0 Å². The molecule has 1 aromatic heterocycles. The highest BCUT2D eigenvalue weighted by Gasteiger charge is 2.11. The second kappa shape index (κ2) is 5.80. The molecule has 106 valence electrons. The molecule has 21 heavy (non-hydrogen) atoms. The van der Waals surface area contributed by atoms with Gasteiger partial charge in [0, 0.05) is 22.6 Å². The maximum atomic E-state index is 13.1. The van der Waals surface area contributed by atoms with Crippen molar-refractivity contribution in [1.29, 1.82) is 0 Å². The first-order valence-corrected chi connectivity index (χ1v) is 7.05. The van der Waals surface area contributed by atoms with Gasteiger partial charge in [-0.2, -0.15) is 0 Å². The van der Waals surface area contributed by atoms with E-state index in [4.69, 9.17) is 17.3 Å². The van der Waals surface area contributed by atoms with E-state index >= 15 is 0 Å². The van der Waals surface area contributed by atoms with Gasteiger partial charge in [-0.25, -0.2) is 4.39 Å². The third-order valence-corrected chi connectivity index (χ3v) is 3.86. The largest absolute Gasteiger partial charge is 0.324 e. The summed E-state index contributed by atoms with van der Waals surface area (Å²) in [6.45, 7) is 0. The molecule has 0 bridgehead atoms. The van der Waals surface area contributed by atoms with Crippen molar-refractivity contribution in [2.45, 2.75) is 12.5 Å². The van der Waals surface area contributed by atoms with Gasteiger partial charge in [0.25, 0.3) is 0 Å². The lowest BCUT2D eigenvalue weighted by Crippen LogP contribution is -2.13. The summed E-state index contributed by atoms with van der Waals surface area (Å²) in [6, 6.07) is 14.1. The Labute approximate surface area is 127 Å². The molecule has 0 aliphatic rings. The standard InChI is InChI=1S/C17H14ClFN2/c18-15-10-14(19)6-5-12(15)8-16(20)13-4-3-11-2-1-7-21-17(11)9-13/h1-7,9-10,16H,8,20H2. The van der Waals surface area contributed by atoms with E-state index in [0.717, 1.165) is 22.0 Å². The van der Waals surface area contributed by atoms with Crippen LogP contribution in [-0.4, -0.2) is 4.98 Å².